The van der Waals surface area contributed by atoms with Gasteiger partial charge in [-0.1, -0.05) is 6.92 Å². The normalized spacial score (nSPS) is 32.8. The van der Waals surface area contributed by atoms with Crippen molar-refractivity contribution in [1.29, 1.82) is 0 Å². The Hall–Kier alpha value is -0.120. The van der Waals surface area contributed by atoms with E-state index < -0.39 is 0 Å². The highest BCUT2D eigenvalue weighted by Gasteiger charge is 2.48. The lowest BCUT2D eigenvalue weighted by Crippen LogP contribution is -2.52. The SMILES string of the molecule is CCNC1CCN(C2CC(C)(C)OC2(C)C)CC1. The van der Waals surface area contributed by atoms with Crippen LogP contribution in [0, 0.1) is 0 Å². The van der Waals surface area contributed by atoms with Gasteiger partial charge < -0.3 is 10.1 Å². The van der Waals surface area contributed by atoms with E-state index in [4.69, 9.17) is 4.74 Å². The third-order valence-electron chi connectivity index (χ3n) is 4.49. The van der Waals surface area contributed by atoms with Crippen molar-refractivity contribution >= 4 is 0 Å². The maximum absolute atomic E-state index is 6.22. The molecular weight excluding hydrogens is 224 g/mol. The van der Waals surface area contributed by atoms with Crippen molar-refractivity contribution in [2.24, 2.45) is 0 Å². The Morgan fingerprint density at radius 3 is 2.22 bits per heavy atom. The molecule has 0 radical (unpaired) electrons. The average Bonchev–Trinajstić information content (AvgIpc) is 2.48. The first-order valence-corrected chi connectivity index (χ1v) is 7.52. The van der Waals surface area contributed by atoms with Crippen LogP contribution in [0.5, 0.6) is 0 Å². The standard InChI is InChI=1S/C15H30N2O/c1-6-16-12-7-9-17(10-8-12)13-11-14(2,3)18-15(13,4)5/h12-13,16H,6-11H2,1-5H3. The van der Waals surface area contributed by atoms with Crippen LogP contribution in [0.25, 0.3) is 0 Å². The van der Waals surface area contributed by atoms with E-state index in [0.29, 0.717) is 6.04 Å². The zero-order chi connectivity index (χ0) is 13.4. The fourth-order valence-electron chi connectivity index (χ4n) is 3.81. The van der Waals surface area contributed by atoms with E-state index in [-0.39, 0.29) is 11.2 Å². The smallest absolute Gasteiger partial charge is 0.0789 e. The van der Waals surface area contributed by atoms with Crippen LogP contribution >= 0.6 is 0 Å². The second kappa shape index (κ2) is 5.10. The summed E-state index contributed by atoms with van der Waals surface area (Å²) >= 11 is 0. The van der Waals surface area contributed by atoms with Crippen LogP contribution in [0.2, 0.25) is 0 Å². The van der Waals surface area contributed by atoms with Crippen molar-refractivity contribution < 1.29 is 4.74 Å². The zero-order valence-corrected chi connectivity index (χ0v) is 12.8. The first-order valence-electron chi connectivity index (χ1n) is 7.52. The molecule has 2 aliphatic rings. The van der Waals surface area contributed by atoms with Crippen LogP contribution in [0.15, 0.2) is 0 Å². The van der Waals surface area contributed by atoms with Gasteiger partial charge in [0.25, 0.3) is 0 Å². The number of rotatable bonds is 3. The predicted molar refractivity (Wildman–Crippen MR) is 75.9 cm³/mol. The third kappa shape index (κ3) is 3.06. The second-order valence-electron chi connectivity index (χ2n) is 7.05. The number of ether oxygens (including phenoxy) is 1. The first-order chi connectivity index (χ1) is 8.34. The summed E-state index contributed by atoms with van der Waals surface area (Å²) in [5.41, 5.74) is 0.0290. The van der Waals surface area contributed by atoms with Crippen molar-refractivity contribution in [2.45, 2.75) is 77.2 Å². The van der Waals surface area contributed by atoms with Crippen LogP contribution in [-0.4, -0.2) is 47.8 Å². The molecule has 1 N–H and O–H groups in total. The van der Waals surface area contributed by atoms with Crippen LogP contribution in [-0.2, 0) is 4.74 Å². The van der Waals surface area contributed by atoms with Gasteiger partial charge in [0, 0.05) is 25.2 Å². The Kier molecular flexibility index (Phi) is 4.05. The van der Waals surface area contributed by atoms with Gasteiger partial charge in [0.1, 0.15) is 0 Å². The molecule has 106 valence electrons. The van der Waals surface area contributed by atoms with Gasteiger partial charge in [0.15, 0.2) is 0 Å². The Morgan fingerprint density at radius 2 is 1.78 bits per heavy atom. The van der Waals surface area contributed by atoms with E-state index in [0.717, 1.165) is 19.0 Å². The third-order valence-corrected chi connectivity index (χ3v) is 4.49. The number of hydrogen-bond acceptors (Lipinski definition) is 3. The Balaban J connectivity index is 1.93. The molecule has 18 heavy (non-hydrogen) atoms. The lowest BCUT2D eigenvalue weighted by molar-refractivity contribution is -0.0822. The lowest BCUT2D eigenvalue weighted by Gasteiger charge is -2.40. The summed E-state index contributed by atoms with van der Waals surface area (Å²) in [5.74, 6) is 0. The van der Waals surface area contributed by atoms with E-state index in [1.165, 1.54) is 25.9 Å². The quantitative estimate of drug-likeness (QED) is 0.837. The summed E-state index contributed by atoms with van der Waals surface area (Å²) in [5, 5.41) is 3.57. The Morgan fingerprint density at radius 1 is 1.17 bits per heavy atom. The summed E-state index contributed by atoms with van der Waals surface area (Å²) in [4.78, 5) is 2.66. The Bertz CT molecular complexity index is 280. The van der Waals surface area contributed by atoms with E-state index in [1.54, 1.807) is 0 Å². The zero-order valence-electron chi connectivity index (χ0n) is 12.8. The number of nitrogens with one attached hydrogen (secondary N) is 1. The number of likely N-dealkylation sites (tertiary alicyclic amines) is 1. The summed E-state index contributed by atoms with van der Waals surface area (Å²) in [6.45, 7) is 14.7. The van der Waals surface area contributed by atoms with E-state index in [1.807, 2.05) is 0 Å². The van der Waals surface area contributed by atoms with Crippen molar-refractivity contribution in [2.75, 3.05) is 19.6 Å². The van der Waals surface area contributed by atoms with E-state index in [2.05, 4.69) is 44.8 Å². The highest BCUT2D eigenvalue weighted by Crippen LogP contribution is 2.40. The van der Waals surface area contributed by atoms with Crippen molar-refractivity contribution in [3.05, 3.63) is 0 Å². The topological polar surface area (TPSA) is 24.5 Å². The fourth-order valence-corrected chi connectivity index (χ4v) is 3.81. The van der Waals surface area contributed by atoms with Gasteiger partial charge in [-0.25, -0.2) is 0 Å². The highest BCUT2D eigenvalue weighted by molar-refractivity contribution is 5.01. The largest absolute Gasteiger partial charge is 0.368 e. The maximum Gasteiger partial charge on any atom is 0.0789 e. The van der Waals surface area contributed by atoms with Crippen LogP contribution in [0.3, 0.4) is 0 Å². The molecule has 0 amide bonds. The van der Waals surface area contributed by atoms with Crippen LogP contribution in [0.4, 0.5) is 0 Å². The Labute approximate surface area is 112 Å². The first kappa shape index (κ1) is 14.3. The number of hydrogen-bond donors (Lipinski definition) is 1. The molecule has 1 atom stereocenters. The summed E-state index contributed by atoms with van der Waals surface area (Å²) in [6, 6.07) is 1.31. The van der Waals surface area contributed by atoms with Gasteiger partial charge in [0.2, 0.25) is 0 Å². The number of piperidine rings is 1. The average molecular weight is 254 g/mol. The molecule has 3 heteroatoms. The molecule has 0 bridgehead atoms. The van der Waals surface area contributed by atoms with E-state index >= 15 is 0 Å². The molecule has 3 nitrogen and oxygen atoms in total. The molecule has 0 saturated carbocycles. The van der Waals surface area contributed by atoms with Gasteiger partial charge in [-0.15, -0.1) is 0 Å². The monoisotopic (exact) mass is 254 g/mol. The molecule has 2 rings (SSSR count). The predicted octanol–water partition coefficient (Wildman–Crippen LogP) is 2.41. The van der Waals surface area contributed by atoms with Crippen LogP contribution < -0.4 is 5.32 Å². The summed E-state index contributed by atoms with van der Waals surface area (Å²) in [6.07, 6.45) is 3.72. The minimum atomic E-state index is -0.00543. The minimum absolute atomic E-state index is 0.00543. The van der Waals surface area contributed by atoms with Gasteiger partial charge in [0.05, 0.1) is 11.2 Å². The fraction of sp³-hybridized carbons (Fsp3) is 1.00. The van der Waals surface area contributed by atoms with Gasteiger partial charge >= 0.3 is 0 Å². The molecule has 0 aromatic carbocycles. The molecule has 0 aliphatic carbocycles. The summed E-state index contributed by atoms with van der Waals surface area (Å²) in [7, 11) is 0. The molecule has 0 spiro atoms. The second-order valence-corrected chi connectivity index (χ2v) is 7.05. The molecule has 2 saturated heterocycles. The molecule has 2 heterocycles. The molecule has 2 aliphatic heterocycles. The number of nitrogens with zero attached hydrogens (tertiary/aromatic N) is 1. The maximum atomic E-state index is 6.22. The van der Waals surface area contributed by atoms with Gasteiger partial charge in [-0.05, 0) is 53.5 Å². The molecule has 0 aromatic rings. The van der Waals surface area contributed by atoms with Crippen molar-refractivity contribution in [1.82, 2.24) is 10.2 Å². The van der Waals surface area contributed by atoms with Gasteiger partial charge in [-0.2, -0.15) is 0 Å². The van der Waals surface area contributed by atoms with Crippen LogP contribution in [0.1, 0.15) is 53.9 Å². The molecule has 0 aromatic heterocycles. The van der Waals surface area contributed by atoms with Gasteiger partial charge in [-0.3, -0.25) is 4.90 Å². The van der Waals surface area contributed by atoms with Crippen molar-refractivity contribution in [3.8, 4) is 0 Å². The molecular formula is C15H30N2O. The highest BCUT2D eigenvalue weighted by atomic mass is 16.5. The molecule has 1 unspecified atom stereocenters. The van der Waals surface area contributed by atoms with E-state index in [9.17, 15) is 0 Å². The lowest BCUT2D eigenvalue weighted by atomic mass is 9.90. The molecule has 2 fully saturated rings. The van der Waals surface area contributed by atoms with Crippen molar-refractivity contribution in [3.63, 3.8) is 0 Å². The summed E-state index contributed by atoms with van der Waals surface area (Å²) < 4.78 is 6.22. The minimum Gasteiger partial charge on any atom is -0.368 e.